The molecule has 2 N–H and O–H groups in total. The highest BCUT2D eigenvalue weighted by Gasteiger charge is 2.07. The minimum absolute atomic E-state index is 0.211. The summed E-state index contributed by atoms with van der Waals surface area (Å²) in [4.78, 5) is 20.2. The Hall–Kier alpha value is -1.47. The van der Waals surface area contributed by atoms with Gasteiger partial charge in [-0.25, -0.2) is 9.78 Å². The number of hydrogen-bond acceptors (Lipinski definition) is 4. The lowest BCUT2D eigenvalue weighted by molar-refractivity contribution is 0.240. The highest BCUT2D eigenvalue weighted by Crippen LogP contribution is 2.23. The maximum absolute atomic E-state index is 11.7. The van der Waals surface area contributed by atoms with Crippen LogP contribution in [0.2, 0.25) is 0 Å². The first-order valence-electron chi connectivity index (χ1n) is 6.10. The molecule has 0 aliphatic heterocycles. The molecule has 20 heavy (non-hydrogen) atoms. The molecule has 0 bridgehead atoms. The minimum atomic E-state index is -0.211. The summed E-state index contributed by atoms with van der Waals surface area (Å²) in [6.45, 7) is 4.74. The number of hydrogen-bond donors (Lipinski definition) is 2. The van der Waals surface area contributed by atoms with Crippen LogP contribution in [0.5, 0.6) is 0 Å². The number of carbonyl (C=O) groups is 1. The number of urea groups is 1. The maximum atomic E-state index is 11.7. The van der Waals surface area contributed by atoms with E-state index in [1.165, 1.54) is 11.3 Å². The number of rotatable bonds is 4. The van der Waals surface area contributed by atoms with Gasteiger partial charge in [0.15, 0.2) is 0 Å². The lowest BCUT2D eigenvalue weighted by Crippen LogP contribution is -2.34. The van der Waals surface area contributed by atoms with Gasteiger partial charge in [-0.2, -0.15) is 0 Å². The summed E-state index contributed by atoms with van der Waals surface area (Å²) in [5.74, 6) is 0. The summed E-state index contributed by atoms with van der Waals surface area (Å²) in [6.07, 6.45) is 1.74. The van der Waals surface area contributed by atoms with E-state index in [2.05, 4.69) is 36.5 Å². The molecule has 2 rings (SSSR count). The topological polar surface area (TPSA) is 66.9 Å². The van der Waals surface area contributed by atoms with Gasteiger partial charge >= 0.3 is 6.03 Å². The smallest absolute Gasteiger partial charge is 0.315 e. The fourth-order valence-electron chi connectivity index (χ4n) is 1.60. The van der Waals surface area contributed by atoms with Gasteiger partial charge in [-0.3, -0.25) is 4.98 Å². The van der Waals surface area contributed by atoms with Crippen molar-refractivity contribution < 1.29 is 4.79 Å². The van der Waals surface area contributed by atoms with E-state index >= 15 is 0 Å². The monoisotopic (exact) mass is 354 g/mol. The molecule has 0 spiro atoms. The highest BCUT2D eigenvalue weighted by atomic mass is 79.9. The molecule has 0 saturated heterocycles. The number of thiazole rings is 1. The fraction of sp³-hybridized carbons (Fsp3) is 0.308. The zero-order valence-corrected chi connectivity index (χ0v) is 13.6. The second kappa shape index (κ2) is 6.81. The van der Waals surface area contributed by atoms with Gasteiger partial charge in [0.1, 0.15) is 5.01 Å². The van der Waals surface area contributed by atoms with E-state index in [4.69, 9.17) is 0 Å². The first-order chi connectivity index (χ1) is 9.56. The maximum Gasteiger partial charge on any atom is 0.315 e. The van der Waals surface area contributed by atoms with Crippen molar-refractivity contribution >= 4 is 33.3 Å². The molecule has 0 atom stereocenters. The van der Waals surface area contributed by atoms with Crippen LogP contribution in [0.25, 0.3) is 0 Å². The summed E-state index contributed by atoms with van der Waals surface area (Å²) in [7, 11) is 0. The Kier molecular flexibility index (Phi) is 5.08. The third-order valence-electron chi connectivity index (χ3n) is 2.74. The van der Waals surface area contributed by atoms with Crippen molar-refractivity contribution in [1.82, 2.24) is 20.6 Å². The lowest BCUT2D eigenvalue weighted by atomic mass is 10.2. The van der Waals surface area contributed by atoms with Crippen LogP contribution in [-0.4, -0.2) is 16.0 Å². The van der Waals surface area contributed by atoms with Gasteiger partial charge in [-0.05, 0) is 41.4 Å². The molecular formula is C13H15BrN4OS. The molecule has 0 aliphatic carbocycles. The van der Waals surface area contributed by atoms with Gasteiger partial charge in [0.25, 0.3) is 0 Å². The van der Waals surface area contributed by atoms with Crippen molar-refractivity contribution in [3.63, 3.8) is 0 Å². The summed E-state index contributed by atoms with van der Waals surface area (Å²) in [5.41, 5.74) is 2.88. The average Bonchev–Trinajstić information content (AvgIpc) is 2.75. The largest absolute Gasteiger partial charge is 0.334 e. The number of carbonyl (C=O) groups excluding carboxylic acids is 1. The quantitative estimate of drug-likeness (QED) is 0.886. The van der Waals surface area contributed by atoms with Gasteiger partial charge in [0.05, 0.1) is 16.0 Å². The second-order valence-electron chi connectivity index (χ2n) is 4.25. The number of nitrogens with zero attached hydrogens (tertiary/aromatic N) is 2. The Bertz CT molecular complexity index is 595. The zero-order valence-electron chi connectivity index (χ0n) is 11.2. The van der Waals surface area contributed by atoms with Crippen LogP contribution in [0.3, 0.4) is 0 Å². The molecule has 0 aliphatic rings. The lowest BCUT2D eigenvalue weighted by Gasteiger charge is -2.07. The molecule has 0 radical (unpaired) electrons. The standard InChI is InChI=1S/C13H15BrN4OS/c1-8-10(4-3-5-15-8)6-16-13(19)17-7-11-18-9(2)12(14)20-11/h3-5H,6-7H2,1-2H3,(H2,16,17,19). The first kappa shape index (κ1) is 14.9. The summed E-state index contributed by atoms with van der Waals surface area (Å²) >= 11 is 4.94. The molecule has 0 saturated carbocycles. The van der Waals surface area contributed by atoms with Crippen LogP contribution in [0, 0.1) is 13.8 Å². The van der Waals surface area contributed by atoms with Crippen molar-refractivity contribution in [2.45, 2.75) is 26.9 Å². The number of amides is 2. The molecule has 106 valence electrons. The normalized spacial score (nSPS) is 10.3. The molecule has 2 heterocycles. The Balaban J connectivity index is 1.80. The molecule has 2 aromatic rings. The fourth-order valence-corrected chi connectivity index (χ4v) is 2.98. The molecule has 5 nitrogen and oxygen atoms in total. The molecular weight excluding hydrogens is 340 g/mol. The van der Waals surface area contributed by atoms with Crippen LogP contribution in [0.1, 0.15) is 22.0 Å². The van der Waals surface area contributed by atoms with E-state index in [-0.39, 0.29) is 6.03 Å². The Labute approximate surface area is 130 Å². The predicted molar refractivity (Wildman–Crippen MR) is 82.6 cm³/mol. The van der Waals surface area contributed by atoms with Crippen molar-refractivity contribution in [2.75, 3.05) is 0 Å². The van der Waals surface area contributed by atoms with Crippen LogP contribution in [0.4, 0.5) is 4.79 Å². The SMILES string of the molecule is Cc1ncccc1CNC(=O)NCc1nc(C)c(Br)s1. The van der Waals surface area contributed by atoms with Gasteiger partial charge in [-0.15, -0.1) is 11.3 Å². The molecule has 2 aromatic heterocycles. The second-order valence-corrected chi connectivity index (χ2v) is 6.65. The third-order valence-corrected chi connectivity index (χ3v) is 4.75. The minimum Gasteiger partial charge on any atom is -0.334 e. The van der Waals surface area contributed by atoms with Crippen LogP contribution in [0.15, 0.2) is 22.1 Å². The van der Waals surface area contributed by atoms with E-state index in [1.807, 2.05) is 26.0 Å². The zero-order chi connectivity index (χ0) is 14.5. The number of nitrogens with one attached hydrogen (secondary N) is 2. The molecule has 7 heteroatoms. The van der Waals surface area contributed by atoms with Crippen molar-refractivity contribution in [1.29, 1.82) is 0 Å². The molecule has 0 aromatic carbocycles. The van der Waals surface area contributed by atoms with Crippen molar-refractivity contribution in [3.05, 3.63) is 44.1 Å². The van der Waals surface area contributed by atoms with E-state index < -0.39 is 0 Å². The molecule has 0 unspecified atom stereocenters. The van der Waals surface area contributed by atoms with Crippen molar-refractivity contribution in [2.24, 2.45) is 0 Å². The summed E-state index contributed by atoms with van der Waals surface area (Å²) in [5, 5.41) is 6.47. The summed E-state index contributed by atoms with van der Waals surface area (Å²) < 4.78 is 1.00. The van der Waals surface area contributed by atoms with Gasteiger partial charge in [0.2, 0.25) is 0 Å². The number of aromatic nitrogens is 2. The molecule has 0 fully saturated rings. The Morgan fingerprint density at radius 3 is 2.70 bits per heavy atom. The van der Waals surface area contributed by atoms with E-state index in [0.29, 0.717) is 13.1 Å². The highest BCUT2D eigenvalue weighted by molar-refractivity contribution is 9.11. The van der Waals surface area contributed by atoms with Crippen LogP contribution in [-0.2, 0) is 13.1 Å². The predicted octanol–water partition coefficient (Wildman–Crippen LogP) is 2.92. The number of pyridine rings is 1. The van der Waals surface area contributed by atoms with Crippen LogP contribution >= 0.6 is 27.3 Å². The van der Waals surface area contributed by atoms with Gasteiger partial charge in [-0.1, -0.05) is 6.07 Å². The number of halogens is 1. The van der Waals surface area contributed by atoms with Gasteiger partial charge < -0.3 is 10.6 Å². The van der Waals surface area contributed by atoms with E-state index in [9.17, 15) is 4.79 Å². The Morgan fingerprint density at radius 1 is 1.30 bits per heavy atom. The van der Waals surface area contributed by atoms with Crippen LogP contribution < -0.4 is 10.6 Å². The number of aryl methyl sites for hydroxylation is 2. The molecule has 2 amide bonds. The van der Waals surface area contributed by atoms with Gasteiger partial charge in [0, 0.05) is 18.4 Å². The van der Waals surface area contributed by atoms with E-state index in [0.717, 1.165) is 25.7 Å². The Morgan fingerprint density at radius 2 is 2.05 bits per heavy atom. The third kappa shape index (κ3) is 4.01. The first-order valence-corrected chi connectivity index (χ1v) is 7.71. The summed E-state index contributed by atoms with van der Waals surface area (Å²) in [6, 6.07) is 3.60. The average molecular weight is 355 g/mol. The van der Waals surface area contributed by atoms with Crippen molar-refractivity contribution in [3.8, 4) is 0 Å². The van der Waals surface area contributed by atoms with E-state index in [1.54, 1.807) is 6.20 Å².